The molecule has 7 nitrogen and oxygen atoms in total. The van der Waals surface area contributed by atoms with Gasteiger partial charge in [0.25, 0.3) is 10.1 Å². The van der Waals surface area contributed by atoms with Crippen molar-refractivity contribution in [1.29, 1.82) is 0 Å². The molecule has 0 aliphatic carbocycles. The van der Waals surface area contributed by atoms with Crippen LogP contribution in [0.5, 0.6) is 0 Å². The molecule has 1 aromatic carbocycles. The molecule has 170 valence electrons. The third-order valence-corrected chi connectivity index (χ3v) is 11.8. The predicted octanol–water partition coefficient (Wildman–Crippen LogP) is 3.97. The molecule has 0 radical (unpaired) electrons. The second kappa shape index (κ2) is 7.95. The fourth-order valence-electron chi connectivity index (χ4n) is 3.27. The standard InChI is InChI=1S/C21H34O7SSi/c1-14-9-11-15(12-10-14)29(22,23)24-13-16-17(28-30(7,8)20(2,3)4)18-19(25-16)27-21(5,6)26-18/h9-12,16-19H,13H2,1-8H3/t16-,17+,18-,19-/m1/s1. The van der Waals surface area contributed by atoms with Crippen LogP contribution in [0.2, 0.25) is 18.1 Å². The molecule has 2 aliphatic rings. The van der Waals surface area contributed by atoms with Crippen LogP contribution in [-0.4, -0.2) is 53.7 Å². The number of benzene rings is 1. The van der Waals surface area contributed by atoms with Crippen LogP contribution in [0.1, 0.15) is 40.2 Å². The van der Waals surface area contributed by atoms with Crippen LogP contribution >= 0.6 is 0 Å². The van der Waals surface area contributed by atoms with Crippen molar-refractivity contribution in [2.75, 3.05) is 6.61 Å². The second-order valence-corrected chi connectivity index (χ2v) is 16.4. The van der Waals surface area contributed by atoms with Crippen LogP contribution in [0.15, 0.2) is 29.2 Å². The number of rotatable bonds is 6. The van der Waals surface area contributed by atoms with Gasteiger partial charge < -0.3 is 18.6 Å². The molecule has 2 heterocycles. The van der Waals surface area contributed by atoms with Gasteiger partial charge in [0, 0.05) is 0 Å². The first-order valence-corrected chi connectivity index (χ1v) is 14.6. The predicted molar refractivity (Wildman–Crippen MR) is 115 cm³/mol. The normalized spacial score (nSPS) is 29.2. The molecule has 0 amide bonds. The molecule has 30 heavy (non-hydrogen) atoms. The first kappa shape index (κ1) is 23.8. The first-order valence-electron chi connectivity index (χ1n) is 10.3. The summed E-state index contributed by atoms with van der Waals surface area (Å²) in [6.45, 7) is 16.1. The van der Waals surface area contributed by atoms with E-state index in [1.807, 2.05) is 20.8 Å². The van der Waals surface area contributed by atoms with Crippen molar-refractivity contribution in [2.24, 2.45) is 0 Å². The maximum Gasteiger partial charge on any atom is 0.297 e. The fraction of sp³-hybridized carbons (Fsp3) is 0.714. The minimum Gasteiger partial charge on any atom is -0.408 e. The quantitative estimate of drug-likeness (QED) is 0.471. The van der Waals surface area contributed by atoms with Gasteiger partial charge in [-0.25, -0.2) is 0 Å². The Morgan fingerprint density at radius 3 is 2.27 bits per heavy atom. The van der Waals surface area contributed by atoms with Crippen LogP contribution < -0.4 is 0 Å². The Morgan fingerprint density at radius 2 is 1.70 bits per heavy atom. The summed E-state index contributed by atoms with van der Waals surface area (Å²) in [7, 11) is -6.10. The maximum atomic E-state index is 12.6. The van der Waals surface area contributed by atoms with Crippen LogP contribution in [0.25, 0.3) is 0 Å². The molecule has 2 fully saturated rings. The summed E-state index contributed by atoms with van der Waals surface area (Å²) in [5.74, 6) is -0.788. The highest BCUT2D eigenvalue weighted by molar-refractivity contribution is 7.86. The van der Waals surface area contributed by atoms with Gasteiger partial charge in [-0.15, -0.1) is 0 Å². The van der Waals surface area contributed by atoms with Gasteiger partial charge in [-0.3, -0.25) is 4.18 Å². The number of aryl methyl sites for hydroxylation is 1. The van der Waals surface area contributed by atoms with E-state index in [0.717, 1.165) is 5.56 Å². The zero-order valence-electron chi connectivity index (χ0n) is 19.1. The lowest BCUT2D eigenvalue weighted by Crippen LogP contribution is -2.50. The maximum absolute atomic E-state index is 12.6. The summed E-state index contributed by atoms with van der Waals surface area (Å²) in [5, 5.41) is -0.0283. The van der Waals surface area contributed by atoms with Gasteiger partial charge in [-0.2, -0.15) is 8.42 Å². The fourth-order valence-corrected chi connectivity index (χ4v) is 5.51. The third kappa shape index (κ3) is 4.98. The zero-order chi connectivity index (χ0) is 22.5. The molecule has 2 aliphatic heterocycles. The average Bonchev–Trinajstić information content (AvgIpc) is 3.05. The van der Waals surface area contributed by atoms with Crippen molar-refractivity contribution >= 4 is 18.4 Å². The van der Waals surface area contributed by atoms with E-state index in [1.165, 1.54) is 12.1 Å². The summed E-state index contributed by atoms with van der Waals surface area (Å²) >= 11 is 0. The minimum atomic E-state index is -3.91. The van der Waals surface area contributed by atoms with Crippen LogP contribution in [-0.2, 0) is 32.9 Å². The van der Waals surface area contributed by atoms with E-state index < -0.39 is 48.8 Å². The molecular formula is C21H34O7SSi. The van der Waals surface area contributed by atoms with E-state index >= 15 is 0 Å². The zero-order valence-corrected chi connectivity index (χ0v) is 20.9. The van der Waals surface area contributed by atoms with Gasteiger partial charge in [0.2, 0.25) is 0 Å². The average molecular weight is 459 g/mol. The lowest BCUT2D eigenvalue weighted by atomic mass is 10.1. The van der Waals surface area contributed by atoms with Crippen molar-refractivity contribution in [3.05, 3.63) is 29.8 Å². The van der Waals surface area contributed by atoms with Gasteiger partial charge in [0.15, 0.2) is 20.4 Å². The summed E-state index contributed by atoms with van der Waals surface area (Å²) in [4.78, 5) is 0.113. The first-order chi connectivity index (χ1) is 13.6. The molecule has 0 bridgehead atoms. The van der Waals surface area contributed by atoms with E-state index in [9.17, 15) is 8.42 Å². The van der Waals surface area contributed by atoms with Crippen molar-refractivity contribution in [2.45, 2.75) is 95.0 Å². The van der Waals surface area contributed by atoms with Crippen molar-refractivity contribution in [1.82, 2.24) is 0 Å². The number of ether oxygens (including phenoxy) is 3. The van der Waals surface area contributed by atoms with Crippen molar-refractivity contribution in [3.8, 4) is 0 Å². The summed E-state index contributed by atoms with van der Waals surface area (Å²) in [6, 6.07) is 6.54. The van der Waals surface area contributed by atoms with Crippen LogP contribution in [0.3, 0.4) is 0 Å². The van der Waals surface area contributed by atoms with E-state index in [1.54, 1.807) is 12.1 Å². The van der Waals surface area contributed by atoms with E-state index in [2.05, 4.69) is 33.9 Å². The van der Waals surface area contributed by atoms with E-state index in [0.29, 0.717) is 0 Å². The summed E-state index contributed by atoms with van der Waals surface area (Å²) in [6.07, 6.45) is -2.16. The third-order valence-electron chi connectivity index (χ3n) is 6.02. The minimum absolute atomic E-state index is 0.0283. The van der Waals surface area contributed by atoms with Crippen molar-refractivity contribution < 1.29 is 31.2 Å². The lowest BCUT2D eigenvalue weighted by molar-refractivity contribution is -0.216. The molecule has 0 spiro atoms. The Kier molecular flexibility index (Phi) is 6.32. The highest BCUT2D eigenvalue weighted by atomic mass is 32.2. The number of hydrogen-bond acceptors (Lipinski definition) is 7. The molecule has 0 N–H and O–H groups in total. The molecule has 9 heteroatoms. The smallest absolute Gasteiger partial charge is 0.297 e. The molecule has 4 atom stereocenters. The van der Waals surface area contributed by atoms with Crippen molar-refractivity contribution in [3.63, 3.8) is 0 Å². The SMILES string of the molecule is Cc1ccc(S(=O)(=O)OC[C@H]2O[C@@H]3OC(C)(C)O[C@@H]3[C@H]2O[Si](C)(C)C(C)(C)C)cc1. The molecule has 0 aromatic heterocycles. The summed E-state index contributed by atoms with van der Waals surface area (Å²) in [5.41, 5.74) is 0.973. The van der Waals surface area contributed by atoms with Gasteiger partial charge in [0.05, 0.1) is 11.5 Å². The molecule has 1 aromatic rings. The Hall–Kier alpha value is -0.813. The van der Waals surface area contributed by atoms with Gasteiger partial charge in [-0.05, 0) is 51.0 Å². The Morgan fingerprint density at radius 1 is 1.10 bits per heavy atom. The molecular weight excluding hydrogens is 424 g/mol. The van der Waals surface area contributed by atoms with Gasteiger partial charge >= 0.3 is 0 Å². The highest BCUT2D eigenvalue weighted by Gasteiger charge is 2.57. The Labute approximate surface area is 181 Å². The molecule has 0 unspecified atom stereocenters. The van der Waals surface area contributed by atoms with Crippen LogP contribution in [0, 0.1) is 6.92 Å². The molecule has 0 saturated carbocycles. The Balaban J connectivity index is 1.78. The monoisotopic (exact) mass is 458 g/mol. The van der Waals surface area contributed by atoms with Crippen LogP contribution in [0.4, 0.5) is 0 Å². The lowest BCUT2D eigenvalue weighted by Gasteiger charge is -2.40. The Bertz CT molecular complexity index is 858. The molecule has 2 saturated heterocycles. The number of hydrogen-bond donors (Lipinski definition) is 0. The van der Waals surface area contributed by atoms with Gasteiger partial charge in [0.1, 0.15) is 18.3 Å². The van der Waals surface area contributed by atoms with E-state index in [-0.39, 0.29) is 16.5 Å². The largest absolute Gasteiger partial charge is 0.408 e. The summed E-state index contributed by atoms with van der Waals surface area (Å²) < 4.78 is 55.1. The number of fused-ring (bicyclic) bond motifs is 1. The van der Waals surface area contributed by atoms with Gasteiger partial charge in [-0.1, -0.05) is 38.5 Å². The second-order valence-electron chi connectivity index (χ2n) is 10.0. The molecule has 3 rings (SSSR count). The van der Waals surface area contributed by atoms with E-state index in [4.69, 9.17) is 22.8 Å². The highest BCUT2D eigenvalue weighted by Crippen LogP contribution is 2.44. The topological polar surface area (TPSA) is 80.3 Å².